The molecule has 3 N–H and O–H groups in total. The third-order valence-electron chi connectivity index (χ3n) is 3.30. The molecule has 0 saturated carbocycles. The van der Waals surface area contributed by atoms with Crippen molar-refractivity contribution in [1.82, 2.24) is 5.43 Å². The van der Waals surface area contributed by atoms with Crippen molar-refractivity contribution in [3.05, 3.63) is 66.7 Å². The highest BCUT2D eigenvalue weighted by Gasteiger charge is 2.16. The highest BCUT2D eigenvalue weighted by Crippen LogP contribution is 2.30. The van der Waals surface area contributed by atoms with E-state index in [1.54, 1.807) is 0 Å². The van der Waals surface area contributed by atoms with E-state index in [1.165, 1.54) is 20.3 Å². The van der Waals surface area contributed by atoms with Crippen LogP contribution in [0.5, 0.6) is 0 Å². The number of aryl methyl sites for hydroxylation is 2. The monoisotopic (exact) mass is 430 g/mol. The molecule has 0 aromatic heterocycles. The van der Waals surface area contributed by atoms with Crippen molar-refractivity contribution >= 4 is 38.5 Å². The van der Waals surface area contributed by atoms with Gasteiger partial charge in [-0.1, -0.05) is 34.1 Å². The fourth-order valence-corrected chi connectivity index (χ4v) is 3.04. The van der Waals surface area contributed by atoms with E-state index in [-0.39, 0.29) is 6.04 Å². The Labute approximate surface area is 136 Å². The normalized spacial score (nSPS) is 12.5. The molecule has 2 rings (SSSR count). The van der Waals surface area contributed by atoms with Crippen molar-refractivity contribution in [1.29, 1.82) is 0 Å². The summed E-state index contributed by atoms with van der Waals surface area (Å²) < 4.78 is 2.26. The van der Waals surface area contributed by atoms with Crippen LogP contribution in [-0.4, -0.2) is 0 Å². The second kappa shape index (κ2) is 6.35. The van der Waals surface area contributed by atoms with Gasteiger partial charge in [-0.25, -0.2) is 5.43 Å². The summed E-state index contributed by atoms with van der Waals surface area (Å²) in [6, 6.07) is 12.7. The smallest absolute Gasteiger partial charge is 0.0721 e. The molecule has 0 aliphatic rings. The first-order valence-electron chi connectivity index (χ1n) is 6.01. The predicted octanol–water partition coefficient (Wildman–Crippen LogP) is 4.22. The first-order chi connectivity index (χ1) is 9.02. The number of hydrazine groups is 1. The highest BCUT2D eigenvalue weighted by atomic mass is 127. The zero-order valence-electron chi connectivity index (χ0n) is 10.9. The highest BCUT2D eigenvalue weighted by molar-refractivity contribution is 14.1. The van der Waals surface area contributed by atoms with Crippen molar-refractivity contribution in [3.8, 4) is 0 Å². The van der Waals surface area contributed by atoms with E-state index in [4.69, 9.17) is 5.84 Å². The number of nitrogens with two attached hydrogens (primary N) is 1. The molecular weight excluding hydrogens is 415 g/mol. The Morgan fingerprint density at radius 3 is 2.47 bits per heavy atom. The zero-order valence-corrected chi connectivity index (χ0v) is 14.6. The van der Waals surface area contributed by atoms with Crippen LogP contribution in [0, 0.1) is 17.4 Å². The van der Waals surface area contributed by atoms with E-state index in [9.17, 15) is 0 Å². The lowest BCUT2D eigenvalue weighted by molar-refractivity contribution is 0.634. The van der Waals surface area contributed by atoms with Crippen molar-refractivity contribution in [2.75, 3.05) is 0 Å². The summed E-state index contributed by atoms with van der Waals surface area (Å²) in [7, 11) is 0. The molecular formula is C15H16BrIN2. The Morgan fingerprint density at radius 1 is 1.11 bits per heavy atom. The summed E-state index contributed by atoms with van der Waals surface area (Å²) in [5.41, 5.74) is 7.81. The van der Waals surface area contributed by atoms with Crippen molar-refractivity contribution in [3.63, 3.8) is 0 Å². The van der Waals surface area contributed by atoms with Gasteiger partial charge in [-0.2, -0.15) is 0 Å². The van der Waals surface area contributed by atoms with E-state index in [0.29, 0.717) is 0 Å². The van der Waals surface area contributed by atoms with Gasteiger partial charge in [0.05, 0.1) is 6.04 Å². The molecule has 100 valence electrons. The van der Waals surface area contributed by atoms with Gasteiger partial charge in [0.15, 0.2) is 0 Å². The van der Waals surface area contributed by atoms with E-state index >= 15 is 0 Å². The largest absolute Gasteiger partial charge is 0.271 e. The molecule has 0 aliphatic carbocycles. The Balaban J connectivity index is 2.49. The van der Waals surface area contributed by atoms with E-state index < -0.39 is 0 Å². The standard InChI is InChI=1S/C15H16BrIN2/c1-9-3-4-11(7-10(9)2)15(19-18)13-8-12(17)5-6-14(13)16/h3-8,15,19H,18H2,1-2H3. The maximum atomic E-state index is 5.77. The van der Waals surface area contributed by atoms with E-state index in [0.717, 1.165) is 10.0 Å². The van der Waals surface area contributed by atoms with Crippen LogP contribution in [0.2, 0.25) is 0 Å². The van der Waals surface area contributed by atoms with Gasteiger partial charge in [-0.05, 0) is 76.9 Å². The van der Waals surface area contributed by atoms with Gasteiger partial charge in [0, 0.05) is 8.04 Å². The Hall–Kier alpha value is -0.430. The maximum Gasteiger partial charge on any atom is 0.0721 e. The van der Waals surface area contributed by atoms with Crippen LogP contribution >= 0.6 is 38.5 Å². The van der Waals surface area contributed by atoms with Gasteiger partial charge >= 0.3 is 0 Å². The number of benzene rings is 2. The Morgan fingerprint density at radius 2 is 1.84 bits per heavy atom. The molecule has 0 aliphatic heterocycles. The molecule has 2 aromatic rings. The molecule has 1 unspecified atom stereocenters. The van der Waals surface area contributed by atoms with Crippen molar-refractivity contribution < 1.29 is 0 Å². The molecule has 0 spiro atoms. The summed E-state index contributed by atoms with van der Waals surface area (Å²) in [6.07, 6.45) is 0. The summed E-state index contributed by atoms with van der Waals surface area (Å²) in [6.45, 7) is 4.24. The molecule has 0 heterocycles. The lowest BCUT2D eigenvalue weighted by atomic mass is 9.96. The van der Waals surface area contributed by atoms with Gasteiger partial charge in [-0.15, -0.1) is 0 Å². The number of hydrogen-bond donors (Lipinski definition) is 2. The van der Waals surface area contributed by atoms with Crippen molar-refractivity contribution in [2.45, 2.75) is 19.9 Å². The summed E-state index contributed by atoms with van der Waals surface area (Å²) in [4.78, 5) is 0. The Kier molecular flexibility index (Phi) is 5.00. The topological polar surface area (TPSA) is 38.0 Å². The number of halogens is 2. The fourth-order valence-electron chi connectivity index (χ4n) is 2.05. The minimum atomic E-state index is -0.0107. The van der Waals surface area contributed by atoms with Crippen LogP contribution in [0.3, 0.4) is 0 Å². The maximum absolute atomic E-state index is 5.77. The third-order valence-corrected chi connectivity index (χ3v) is 4.69. The quantitative estimate of drug-likeness (QED) is 0.434. The summed E-state index contributed by atoms with van der Waals surface area (Å²) in [5, 5.41) is 0. The summed E-state index contributed by atoms with van der Waals surface area (Å²) in [5.74, 6) is 5.77. The van der Waals surface area contributed by atoms with Crippen LogP contribution in [0.4, 0.5) is 0 Å². The number of nitrogens with one attached hydrogen (secondary N) is 1. The first-order valence-corrected chi connectivity index (χ1v) is 7.88. The SMILES string of the molecule is Cc1ccc(C(NN)c2cc(I)ccc2Br)cc1C. The molecule has 0 saturated heterocycles. The minimum Gasteiger partial charge on any atom is -0.271 e. The van der Waals surface area contributed by atoms with Crippen LogP contribution < -0.4 is 11.3 Å². The first kappa shape index (κ1) is 15.0. The van der Waals surface area contributed by atoms with Crippen LogP contribution in [-0.2, 0) is 0 Å². The molecule has 0 amide bonds. The van der Waals surface area contributed by atoms with E-state index in [2.05, 4.69) is 94.2 Å². The van der Waals surface area contributed by atoms with Gasteiger partial charge in [0.1, 0.15) is 0 Å². The van der Waals surface area contributed by atoms with Gasteiger partial charge in [0.2, 0.25) is 0 Å². The van der Waals surface area contributed by atoms with Crippen LogP contribution in [0.15, 0.2) is 40.9 Å². The number of rotatable bonds is 3. The second-order valence-electron chi connectivity index (χ2n) is 4.61. The second-order valence-corrected chi connectivity index (χ2v) is 6.71. The molecule has 0 radical (unpaired) electrons. The fraction of sp³-hybridized carbons (Fsp3) is 0.200. The number of hydrogen-bond acceptors (Lipinski definition) is 2. The molecule has 19 heavy (non-hydrogen) atoms. The average molecular weight is 431 g/mol. The third kappa shape index (κ3) is 3.37. The van der Waals surface area contributed by atoms with Gasteiger partial charge in [0.25, 0.3) is 0 Å². The molecule has 2 aromatic carbocycles. The van der Waals surface area contributed by atoms with Crippen LogP contribution in [0.25, 0.3) is 0 Å². The minimum absolute atomic E-state index is 0.0107. The molecule has 0 fully saturated rings. The molecule has 4 heteroatoms. The summed E-state index contributed by atoms with van der Waals surface area (Å²) >= 11 is 5.92. The van der Waals surface area contributed by atoms with Gasteiger partial charge < -0.3 is 0 Å². The Bertz CT molecular complexity index is 599. The van der Waals surface area contributed by atoms with E-state index in [1.807, 2.05) is 0 Å². The lowest BCUT2D eigenvalue weighted by Crippen LogP contribution is -2.29. The zero-order chi connectivity index (χ0) is 14.0. The molecule has 0 bridgehead atoms. The molecule has 2 nitrogen and oxygen atoms in total. The molecule has 1 atom stereocenters. The van der Waals surface area contributed by atoms with Crippen molar-refractivity contribution in [2.24, 2.45) is 5.84 Å². The van der Waals surface area contributed by atoms with Gasteiger partial charge in [-0.3, -0.25) is 5.84 Å². The van der Waals surface area contributed by atoms with Crippen LogP contribution in [0.1, 0.15) is 28.3 Å². The average Bonchev–Trinajstić information content (AvgIpc) is 2.38. The predicted molar refractivity (Wildman–Crippen MR) is 91.9 cm³/mol. The lowest BCUT2D eigenvalue weighted by Gasteiger charge is -2.19.